The van der Waals surface area contributed by atoms with E-state index in [1.54, 1.807) is 28.4 Å². The molecule has 1 amide bonds. The second-order valence-electron chi connectivity index (χ2n) is 4.38. The molecule has 0 aliphatic carbocycles. The number of carbonyl (C=O) groups excluding carboxylic acids is 1. The summed E-state index contributed by atoms with van der Waals surface area (Å²) in [5.74, 6) is -0.711. The third-order valence-electron chi connectivity index (χ3n) is 2.95. The Balaban J connectivity index is 2.23. The molecule has 0 fully saturated rings. The van der Waals surface area contributed by atoms with E-state index in [1.165, 1.54) is 6.07 Å². The third-order valence-corrected chi connectivity index (χ3v) is 3.81. The van der Waals surface area contributed by atoms with Crippen LogP contribution in [0.5, 0.6) is 0 Å². The second kappa shape index (κ2) is 5.97. The number of benzene rings is 1. The maximum Gasteiger partial charge on any atom is 0.257 e. The van der Waals surface area contributed by atoms with Crippen LogP contribution in [0.3, 0.4) is 0 Å². The summed E-state index contributed by atoms with van der Waals surface area (Å²) >= 11 is 1.60. The molecule has 1 heterocycles. The fourth-order valence-corrected chi connectivity index (χ4v) is 2.61. The fourth-order valence-electron chi connectivity index (χ4n) is 1.89. The molecule has 100 valence electrons. The van der Waals surface area contributed by atoms with Gasteiger partial charge in [-0.05, 0) is 37.4 Å². The van der Waals surface area contributed by atoms with Gasteiger partial charge in [0.25, 0.3) is 5.91 Å². The number of amides is 1. The molecule has 2 rings (SSSR count). The van der Waals surface area contributed by atoms with Gasteiger partial charge in [-0.25, -0.2) is 4.39 Å². The van der Waals surface area contributed by atoms with Gasteiger partial charge in [0.05, 0.1) is 12.1 Å². The monoisotopic (exact) mass is 277 g/mol. The summed E-state index contributed by atoms with van der Waals surface area (Å²) in [5, 5.41) is 1.97. The maximum absolute atomic E-state index is 13.8. The summed E-state index contributed by atoms with van der Waals surface area (Å²) in [6, 6.07) is 8.55. The van der Waals surface area contributed by atoms with Crippen LogP contribution in [0.15, 0.2) is 35.7 Å². The molecule has 0 aliphatic rings. The topological polar surface area (TPSA) is 20.3 Å². The minimum absolute atomic E-state index is 0.151. The van der Waals surface area contributed by atoms with Crippen LogP contribution in [-0.2, 0) is 6.54 Å². The first-order valence-electron chi connectivity index (χ1n) is 6.19. The molecule has 19 heavy (non-hydrogen) atoms. The van der Waals surface area contributed by atoms with Crippen molar-refractivity contribution in [2.24, 2.45) is 0 Å². The lowest BCUT2D eigenvalue weighted by Gasteiger charge is -2.20. The fraction of sp³-hybridized carbons (Fsp3) is 0.267. The summed E-state index contributed by atoms with van der Waals surface area (Å²) in [6.45, 7) is 4.84. The lowest BCUT2D eigenvalue weighted by molar-refractivity contribution is 0.0749. The second-order valence-corrected chi connectivity index (χ2v) is 5.41. The first-order chi connectivity index (χ1) is 9.11. The highest BCUT2D eigenvalue weighted by molar-refractivity contribution is 7.09. The molecule has 4 heteroatoms. The number of carbonyl (C=O) groups is 1. The smallest absolute Gasteiger partial charge is 0.257 e. The van der Waals surface area contributed by atoms with E-state index >= 15 is 0 Å². The molecule has 0 bridgehead atoms. The van der Waals surface area contributed by atoms with Crippen molar-refractivity contribution in [2.45, 2.75) is 20.4 Å². The Morgan fingerprint density at radius 3 is 2.79 bits per heavy atom. The molecule has 1 aromatic carbocycles. The highest BCUT2D eigenvalue weighted by Gasteiger charge is 2.18. The van der Waals surface area contributed by atoms with Crippen molar-refractivity contribution in [3.8, 4) is 0 Å². The SMILES string of the molecule is CCN(Cc1cccs1)C(=O)c1cc(C)ccc1F. The molecule has 0 spiro atoms. The van der Waals surface area contributed by atoms with Gasteiger partial charge in [-0.2, -0.15) is 0 Å². The molecule has 0 atom stereocenters. The Hall–Kier alpha value is -1.68. The van der Waals surface area contributed by atoms with Gasteiger partial charge in [-0.3, -0.25) is 4.79 Å². The van der Waals surface area contributed by atoms with Crippen LogP contribution in [0, 0.1) is 12.7 Å². The zero-order valence-corrected chi connectivity index (χ0v) is 11.8. The van der Waals surface area contributed by atoms with E-state index in [0.717, 1.165) is 10.4 Å². The summed E-state index contributed by atoms with van der Waals surface area (Å²) in [5.41, 5.74) is 1.04. The highest BCUT2D eigenvalue weighted by atomic mass is 32.1. The van der Waals surface area contributed by atoms with E-state index in [0.29, 0.717) is 13.1 Å². The molecule has 0 unspecified atom stereocenters. The van der Waals surface area contributed by atoms with Crippen molar-refractivity contribution in [1.82, 2.24) is 4.90 Å². The third kappa shape index (κ3) is 3.20. The number of nitrogens with zero attached hydrogens (tertiary/aromatic N) is 1. The Morgan fingerprint density at radius 1 is 1.37 bits per heavy atom. The molecule has 0 radical (unpaired) electrons. The lowest BCUT2D eigenvalue weighted by atomic mass is 10.1. The Morgan fingerprint density at radius 2 is 2.16 bits per heavy atom. The van der Waals surface area contributed by atoms with E-state index < -0.39 is 5.82 Å². The normalized spacial score (nSPS) is 10.5. The van der Waals surface area contributed by atoms with Gasteiger partial charge in [0.15, 0.2) is 0 Å². The average molecular weight is 277 g/mol. The number of hydrogen-bond donors (Lipinski definition) is 0. The molecule has 0 N–H and O–H groups in total. The first kappa shape index (κ1) is 13.7. The van der Waals surface area contributed by atoms with Crippen molar-refractivity contribution in [1.29, 1.82) is 0 Å². The Labute approximate surface area is 116 Å². The van der Waals surface area contributed by atoms with E-state index in [9.17, 15) is 9.18 Å². The largest absolute Gasteiger partial charge is 0.334 e. The van der Waals surface area contributed by atoms with Crippen LogP contribution in [-0.4, -0.2) is 17.4 Å². The maximum atomic E-state index is 13.8. The van der Waals surface area contributed by atoms with Crippen LogP contribution in [0.4, 0.5) is 4.39 Å². The van der Waals surface area contributed by atoms with Crippen molar-refractivity contribution in [2.75, 3.05) is 6.54 Å². The average Bonchev–Trinajstić information content (AvgIpc) is 2.91. The van der Waals surface area contributed by atoms with Crippen molar-refractivity contribution in [3.05, 3.63) is 57.5 Å². The summed E-state index contributed by atoms with van der Waals surface area (Å²) in [4.78, 5) is 15.1. The predicted octanol–water partition coefficient (Wildman–Crippen LogP) is 3.86. The zero-order valence-electron chi connectivity index (χ0n) is 11.0. The summed E-state index contributed by atoms with van der Waals surface area (Å²) in [6.07, 6.45) is 0. The number of aryl methyl sites for hydroxylation is 1. The van der Waals surface area contributed by atoms with Crippen molar-refractivity contribution in [3.63, 3.8) is 0 Å². The van der Waals surface area contributed by atoms with Crippen LogP contribution in [0.25, 0.3) is 0 Å². The van der Waals surface area contributed by atoms with Gasteiger partial charge >= 0.3 is 0 Å². The minimum atomic E-state index is -0.458. The van der Waals surface area contributed by atoms with Gasteiger partial charge < -0.3 is 4.90 Å². The molecule has 0 saturated heterocycles. The highest BCUT2D eigenvalue weighted by Crippen LogP contribution is 2.17. The minimum Gasteiger partial charge on any atom is -0.334 e. The Bertz CT molecular complexity index is 566. The van der Waals surface area contributed by atoms with Crippen LogP contribution < -0.4 is 0 Å². The van der Waals surface area contributed by atoms with Gasteiger partial charge in [0.2, 0.25) is 0 Å². The standard InChI is InChI=1S/C15H16FNOS/c1-3-17(10-12-5-4-8-19-12)15(18)13-9-11(2)6-7-14(13)16/h4-9H,3,10H2,1-2H3. The number of thiophene rings is 1. The van der Waals surface area contributed by atoms with E-state index in [-0.39, 0.29) is 11.5 Å². The van der Waals surface area contributed by atoms with Crippen LogP contribution in [0.2, 0.25) is 0 Å². The molecular formula is C15H16FNOS. The molecular weight excluding hydrogens is 261 g/mol. The lowest BCUT2D eigenvalue weighted by Crippen LogP contribution is -2.30. The van der Waals surface area contributed by atoms with Crippen molar-refractivity contribution < 1.29 is 9.18 Å². The van der Waals surface area contributed by atoms with Gasteiger partial charge in [-0.15, -0.1) is 11.3 Å². The molecule has 2 aromatic rings. The summed E-state index contributed by atoms with van der Waals surface area (Å²) < 4.78 is 13.8. The van der Waals surface area contributed by atoms with E-state index in [4.69, 9.17) is 0 Å². The van der Waals surface area contributed by atoms with E-state index in [2.05, 4.69) is 0 Å². The van der Waals surface area contributed by atoms with Crippen molar-refractivity contribution >= 4 is 17.2 Å². The first-order valence-corrected chi connectivity index (χ1v) is 7.07. The van der Waals surface area contributed by atoms with Crippen LogP contribution >= 0.6 is 11.3 Å². The van der Waals surface area contributed by atoms with E-state index in [1.807, 2.05) is 31.4 Å². The molecule has 1 aromatic heterocycles. The van der Waals surface area contributed by atoms with Gasteiger partial charge in [-0.1, -0.05) is 17.7 Å². The Kier molecular flexibility index (Phi) is 4.32. The predicted molar refractivity (Wildman–Crippen MR) is 75.9 cm³/mol. The number of halogens is 1. The molecule has 0 aliphatic heterocycles. The summed E-state index contributed by atoms with van der Waals surface area (Å²) in [7, 11) is 0. The number of rotatable bonds is 4. The molecule has 2 nitrogen and oxygen atoms in total. The zero-order chi connectivity index (χ0) is 13.8. The number of hydrogen-bond acceptors (Lipinski definition) is 2. The molecule has 0 saturated carbocycles. The van der Waals surface area contributed by atoms with Gasteiger partial charge in [0, 0.05) is 11.4 Å². The van der Waals surface area contributed by atoms with Gasteiger partial charge in [0.1, 0.15) is 5.82 Å². The van der Waals surface area contributed by atoms with Crippen LogP contribution in [0.1, 0.15) is 27.7 Å². The quantitative estimate of drug-likeness (QED) is 0.831.